The molecule has 0 radical (unpaired) electrons. The van der Waals surface area contributed by atoms with Crippen LogP contribution in [0.4, 0.5) is 0 Å². The number of hydrogen-bond acceptors (Lipinski definition) is 6. The Kier molecular flexibility index (Phi) is 6.41. The Hall–Kier alpha value is -3.33. The monoisotopic (exact) mass is 428 g/mol. The van der Waals surface area contributed by atoms with Crippen molar-refractivity contribution < 1.29 is 14.4 Å². The summed E-state index contributed by atoms with van der Waals surface area (Å²) >= 11 is 6.27. The molecule has 3 rings (SSSR count). The molecule has 2 aromatic rings. The molecule has 30 heavy (non-hydrogen) atoms. The average Bonchev–Trinajstić information content (AvgIpc) is 2.77. The van der Waals surface area contributed by atoms with E-state index < -0.39 is 6.04 Å². The van der Waals surface area contributed by atoms with Gasteiger partial charge in [-0.2, -0.15) is 0 Å². The van der Waals surface area contributed by atoms with Gasteiger partial charge in [-0.05, 0) is 29.8 Å². The summed E-state index contributed by atoms with van der Waals surface area (Å²) in [6.07, 6.45) is 2.53. The second kappa shape index (κ2) is 9.00. The van der Waals surface area contributed by atoms with Crippen molar-refractivity contribution in [2.75, 3.05) is 26.7 Å². The maximum absolute atomic E-state index is 12.2. The summed E-state index contributed by atoms with van der Waals surface area (Å²) in [4.78, 5) is 52.0. The lowest BCUT2D eigenvalue weighted by atomic mass is 10.0. The number of hydrogen-bond donors (Lipinski definition) is 1. The van der Waals surface area contributed by atoms with E-state index in [1.54, 1.807) is 21.9 Å². The predicted molar refractivity (Wildman–Crippen MR) is 111 cm³/mol. The van der Waals surface area contributed by atoms with Crippen LogP contribution in [0.2, 0.25) is 5.15 Å². The van der Waals surface area contributed by atoms with Crippen molar-refractivity contribution >= 4 is 29.3 Å². The van der Waals surface area contributed by atoms with Gasteiger partial charge in [0.15, 0.2) is 0 Å². The molecule has 3 amide bonds. The first kappa shape index (κ1) is 21.4. The first-order valence-corrected chi connectivity index (χ1v) is 9.62. The number of halogens is 1. The van der Waals surface area contributed by atoms with Crippen LogP contribution in [0, 0.1) is 0 Å². The third kappa shape index (κ3) is 4.46. The third-order valence-corrected chi connectivity index (χ3v) is 5.06. The normalized spacial score (nSPS) is 16.2. The number of nitrogens with one attached hydrogen (secondary N) is 1. The summed E-state index contributed by atoms with van der Waals surface area (Å²) in [7, 11) is 1.51. The zero-order valence-corrected chi connectivity index (χ0v) is 17.4. The minimum absolute atomic E-state index is 0.107. The van der Waals surface area contributed by atoms with E-state index in [1.807, 2.05) is 0 Å². The summed E-state index contributed by atoms with van der Waals surface area (Å²) in [5.74, 6) is -0.659. The van der Waals surface area contributed by atoms with Crippen molar-refractivity contribution in [1.82, 2.24) is 30.1 Å². The van der Waals surface area contributed by atoms with E-state index in [0.717, 1.165) is 0 Å². The van der Waals surface area contributed by atoms with Gasteiger partial charge in [-0.25, -0.2) is 15.0 Å². The van der Waals surface area contributed by atoms with E-state index >= 15 is 0 Å². The zero-order valence-electron chi connectivity index (χ0n) is 16.6. The van der Waals surface area contributed by atoms with Crippen molar-refractivity contribution in [2.45, 2.75) is 13.0 Å². The number of pyridine rings is 1. The van der Waals surface area contributed by atoms with Gasteiger partial charge < -0.3 is 15.1 Å². The first-order valence-electron chi connectivity index (χ1n) is 9.24. The van der Waals surface area contributed by atoms with Gasteiger partial charge in [-0.3, -0.25) is 14.4 Å². The van der Waals surface area contributed by atoms with Gasteiger partial charge in [-0.15, -0.1) is 0 Å². The van der Waals surface area contributed by atoms with E-state index in [0.29, 0.717) is 36.6 Å². The standard InChI is InChI=1S/C20H21ClN6O3/c1-4-19(29)26-5-6-27(12(2)28)17(10-26)13-7-15(25-18(21)8-13)14-9-16(20(30)22-3)24-11-23-14/h4,7-9,11,17H,1,5-6,10H2,2-3H3,(H,22,30)/t17-/m0/s1. The van der Waals surface area contributed by atoms with E-state index in [9.17, 15) is 14.4 Å². The van der Waals surface area contributed by atoms with Crippen LogP contribution in [-0.4, -0.2) is 69.2 Å². The molecule has 1 atom stereocenters. The third-order valence-electron chi connectivity index (χ3n) is 4.86. The summed E-state index contributed by atoms with van der Waals surface area (Å²) in [5.41, 5.74) is 1.75. The fourth-order valence-corrected chi connectivity index (χ4v) is 3.58. The Labute approximate surface area is 178 Å². The molecule has 0 saturated carbocycles. The highest BCUT2D eigenvalue weighted by Gasteiger charge is 2.32. The topological polar surface area (TPSA) is 108 Å². The molecule has 0 bridgehead atoms. The van der Waals surface area contributed by atoms with Crippen LogP contribution in [-0.2, 0) is 9.59 Å². The molecule has 10 heteroatoms. The van der Waals surface area contributed by atoms with E-state index in [1.165, 1.54) is 32.4 Å². The Morgan fingerprint density at radius 2 is 1.97 bits per heavy atom. The van der Waals surface area contributed by atoms with Crippen LogP contribution in [0.15, 0.2) is 37.2 Å². The molecule has 9 nitrogen and oxygen atoms in total. The Bertz CT molecular complexity index is 1010. The molecule has 1 aliphatic heterocycles. The number of aromatic nitrogens is 3. The maximum Gasteiger partial charge on any atom is 0.269 e. The number of piperazine rings is 1. The van der Waals surface area contributed by atoms with Gasteiger partial charge in [0.05, 0.1) is 17.4 Å². The maximum atomic E-state index is 12.2. The molecule has 3 heterocycles. The van der Waals surface area contributed by atoms with Crippen LogP contribution in [0.3, 0.4) is 0 Å². The Balaban J connectivity index is 2.02. The summed E-state index contributed by atoms with van der Waals surface area (Å²) in [6, 6.07) is 4.52. The SMILES string of the molecule is C=CC(=O)N1CCN(C(C)=O)[C@H](c2cc(Cl)nc(-c3cc(C(=O)NC)ncn3)c2)C1. The molecule has 156 valence electrons. The molecule has 1 N–H and O–H groups in total. The van der Waals surface area contributed by atoms with E-state index in [2.05, 4.69) is 26.8 Å². The van der Waals surface area contributed by atoms with Gasteiger partial charge in [0, 0.05) is 33.6 Å². The average molecular weight is 429 g/mol. The summed E-state index contributed by atoms with van der Waals surface area (Å²) in [6.45, 7) is 6.14. The predicted octanol–water partition coefficient (Wildman–Crippen LogP) is 1.47. The molecule has 0 aliphatic carbocycles. The van der Waals surface area contributed by atoms with Gasteiger partial charge in [-0.1, -0.05) is 18.2 Å². The second-order valence-corrected chi connectivity index (χ2v) is 7.08. The molecule has 0 spiro atoms. The minimum atomic E-state index is -0.403. The van der Waals surface area contributed by atoms with Gasteiger partial charge in [0.25, 0.3) is 5.91 Å². The molecular weight excluding hydrogens is 408 g/mol. The van der Waals surface area contributed by atoms with Crippen molar-refractivity contribution in [3.05, 3.63) is 53.6 Å². The first-order chi connectivity index (χ1) is 14.3. The van der Waals surface area contributed by atoms with E-state index in [-0.39, 0.29) is 28.6 Å². The van der Waals surface area contributed by atoms with Gasteiger partial charge in [0.1, 0.15) is 17.2 Å². The van der Waals surface area contributed by atoms with Crippen LogP contribution in [0.5, 0.6) is 0 Å². The number of carbonyl (C=O) groups is 3. The number of nitrogens with zero attached hydrogens (tertiary/aromatic N) is 5. The number of amides is 3. The van der Waals surface area contributed by atoms with E-state index in [4.69, 9.17) is 11.6 Å². The largest absolute Gasteiger partial charge is 0.354 e. The van der Waals surface area contributed by atoms with Crippen molar-refractivity contribution in [1.29, 1.82) is 0 Å². The fraction of sp³-hybridized carbons (Fsp3) is 0.300. The lowest BCUT2D eigenvalue weighted by Gasteiger charge is -2.41. The molecule has 1 fully saturated rings. The van der Waals surface area contributed by atoms with Gasteiger partial charge >= 0.3 is 0 Å². The van der Waals surface area contributed by atoms with Crippen LogP contribution in [0.1, 0.15) is 29.0 Å². The Morgan fingerprint density at radius 1 is 1.20 bits per heavy atom. The summed E-state index contributed by atoms with van der Waals surface area (Å²) in [5, 5.41) is 2.72. The van der Waals surface area contributed by atoms with Crippen LogP contribution < -0.4 is 5.32 Å². The van der Waals surface area contributed by atoms with Crippen LogP contribution >= 0.6 is 11.6 Å². The van der Waals surface area contributed by atoms with Gasteiger partial charge in [0.2, 0.25) is 11.8 Å². The molecule has 1 saturated heterocycles. The lowest BCUT2D eigenvalue weighted by molar-refractivity contribution is -0.139. The quantitative estimate of drug-likeness (QED) is 0.583. The number of rotatable bonds is 4. The van der Waals surface area contributed by atoms with Crippen molar-refractivity contribution in [3.63, 3.8) is 0 Å². The van der Waals surface area contributed by atoms with Crippen molar-refractivity contribution in [2.24, 2.45) is 0 Å². The van der Waals surface area contributed by atoms with Crippen molar-refractivity contribution in [3.8, 4) is 11.4 Å². The highest BCUT2D eigenvalue weighted by Crippen LogP contribution is 2.30. The zero-order chi connectivity index (χ0) is 21.8. The highest BCUT2D eigenvalue weighted by atomic mass is 35.5. The summed E-state index contributed by atoms with van der Waals surface area (Å²) < 4.78 is 0. The second-order valence-electron chi connectivity index (χ2n) is 6.69. The Morgan fingerprint density at radius 3 is 2.63 bits per heavy atom. The molecule has 0 aromatic carbocycles. The molecule has 0 unspecified atom stereocenters. The number of carbonyl (C=O) groups excluding carboxylic acids is 3. The smallest absolute Gasteiger partial charge is 0.269 e. The molecule has 2 aromatic heterocycles. The lowest BCUT2D eigenvalue weighted by Crippen LogP contribution is -2.51. The minimum Gasteiger partial charge on any atom is -0.354 e. The highest BCUT2D eigenvalue weighted by molar-refractivity contribution is 6.29. The molecule has 1 aliphatic rings. The van der Waals surface area contributed by atoms with Crippen LogP contribution in [0.25, 0.3) is 11.4 Å². The fourth-order valence-electron chi connectivity index (χ4n) is 3.36. The molecular formula is C20H21ClN6O3.